The van der Waals surface area contributed by atoms with Crippen molar-refractivity contribution in [1.82, 2.24) is 10.2 Å². The zero-order valence-electron chi connectivity index (χ0n) is 12.5. The summed E-state index contributed by atoms with van der Waals surface area (Å²) < 4.78 is 0. The van der Waals surface area contributed by atoms with Gasteiger partial charge in [0.1, 0.15) is 5.54 Å². The molecule has 18 heavy (non-hydrogen) atoms. The average molecular weight is 251 g/mol. The molecule has 0 aromatic rings. The monoisotopic (exact) mass is 251 g/mol. The first-order valence-electron chi connectivity index (χ1n) is 7.46. The number of nitrogens with one attached hydrogen (secondary N) is 1. The second-order valence-corrected chi connectivity index (χ2v) is 5.78. The number of nitriles is 1. The summed E-state index contributed by atoms with van der Waals surface area (Å²) in [5, 5.41) is 12.9. The van der Waals surface area contributed by atoms with Gasteiger partial charge in [-0.25, -0.2) is 0 Å². The van der Waals surface area contributed by atoms with E-state index in [-0.39, 0.29) is 5.54 Å². The molecule has 1 saturated carbocycles. The van der Waals surface area contributed by atoms with Gasteiger partial charge in [0.25, 0.3) is 0 Å². The Kier molecular flexibility index (Phi) is 6.11. The average Bonchev–Trinajstić information content (AvgIpc) is 2.38. The second kappa shape index (κ2) is 7.11. The first kappa shape index (κ1) is 15.5. The Morgan fingerprint density at radius 2 is 2.22 bits per heavy atom. The molecule has 0 heterocycles. The molecule has 0 aromatic heterocycles. The first-order chi connectivity index (χ1) is 8.58. The van der Waals surface area contributed by atoms with Gasteiger partial charge in [-0.05, 0) is 52.6 Å². The number of hydrogen-bond acceptors (Lipinski definition) is 3. The standard InChI is InChI=1S/C15H29N3/c1-5-8-13(3)18(4)14-9-7-10-15(11-14,12-16)17-6-2/h13-14,17H,5-11H2,1-4H3. The van der Waals surface area contributed by atoms with Gasteiger partial charge in [0, 0.05) is 12.1 Å². The van der Waals surface area contributed by atoms with Gasteiger partial charge < -0.3 is 4.90 Å². The summed E-state index contributed by atoms with van der Waals surface area (Å²) in [4.78, 5) is 2.49. The molecule has 0 aromatic carbocycles. The molecule has 0 bridgehead atoms. The molecule has 104 valence electrons. The van der Waals surface area contributed by atoms with Crippen molar-refractivity contribution in [2.75, 3.05) is 13.6 Å². The highest BCUT2D eigenvalue weighted by molar-refractivity contribution is 5.11. The van der Waals surface area contributed by atoms with Crippen LogP contribution in [0.25, 0.3) is 0 Å². The molecule has 1 aliphatic rings. The number of hydrogen-bond donors (Lipinski definition) is 1. The quantitative estimate of drug-likeness (QED) is 0.789. The zero-order chi connectivity index (χ0) is 13.6. The molecule has 1 rings (SSSR count). The molecular weight excluding hydrogens is 222 g/mol. The third-order valence-corrected chi connectivity index (χ3v) is 4.43. The summed E-state index contributed by atoms with van der Waals surface area (Å²) in [5.41, 5.74) is -0.280. The molecule has 0 spiro atoms. The summed E-state index contributed by atoms with van der Waals surface area (Å²) in [6.45, 7) is 7.52. The highest BCUT2D eigenvalue weighted by Crippen LogP contribution is 2.31. The van der Waals surface area contributed by atoms with Crippen LogP contribution < -0.4 is 5.32 Å². The lowest BCUT2D eigenvalue weighted by Gasteiger charge is -2.42. The van der Waals surface area contributed by atoms with Crippen LogP contribution in [0.1, 0.15) is 59.3 Å². The minimum atomic E-state index is -0.280. The maximum atomic E-state index is 9.48. The van der Waals surface area contributed by atoms with Gasteiger partial charge in [0.15, 0.2) is 0 Å². The lowest BCUT2D eigenvalue weighted by molar-refractivity contribution is 0.108. The largest absolute Gasteiger partial charge is 0.301 e. The lowest BCUT2D eigenvalue weighted by Crippen LogP contribution is -2.53. The Morgan fingerprint density at radius 1 is 1.50 bits per heavy atom. The Bertz CT molecular complexity index is 280. The third-order valence-electron chi connectivity index (χ3n) is 4.43. The van der Waals surface area contributed by atoms with Gasteiger partial charge in [0.2, 0.25) is 0 Å². The fourth-order valence-electron chi connectivity index (χ4n) is 3.21. The Hall–Kier alpha value is -0.590. The first-order valence-corrected chi connectivity index (χ1v) is 7.46. The molecule has 1 N–H and O–H groups in total. The molecule has 0 aliphatic heterocycles. The van der Waals surface area contributed by atoms with E-state index in [4.69, 9.17) is 0 Å². The Morgan fingerprint density at radius 3 is 2.78 bits per heavy atom. The van der Waals surface area contributed by atoms with Gasteiger partial charge >= 0.3 is 0 Å². The van der Waals surface area contributed by atoms with Crippen molar-refractivity contribution in [3.05, 3.63) is 0 Å². The molecule has 1 fully saturated rings. The van der Waals surface area contributed by atoms with E-state index < -0.39 is 0 Å². The van der Waals surface area contributed by atoms with Crippen molar-refractivity contribution in [2.45, 2.75) is 76.9 Å². The van der Waals surface area contributed by atoms with Crippen molar-refractivity contribution in [3.8, 4) is 6.07 Å². The Balaban J connectivity index is 2.65. The number of nitrogens with zero attached hydrogens (tertiary/aromatic N) is 2. The SMILES string of the molecule is CCCC(C)N(C)C1CCCC(C#N)(NCC)C1. The molecule has 3 atom stereocenters. The van der Waals surface area contributed by atoms with Crippen molar-refractivity contribution >= 4 is 0 Å². The van der Waals surface area contributed by atoms with Crippen molar-refractivity contribution in [3.63, 3.8) is 0 Å². The van der Waals surface area contributed by atoms with Crippen LogP contribution in [0.5, 0.6) is 0 Å². The van der Waals surface area contributed by atoms with E-state index >= 15 is 0 Å². The summed E-state index contributed by atoms with van der Waals surface area (Å²) in [7, 11) is 2.23. The van der Waals surface area contributed by atoms with E-state index in [1.165, 1.54) is 19.3 Å². The molecule has 0 radical (unpaired) electrons. The maximum Gasteiger partial charge on any atom is 0.108 e. The van der Waals surface area contributed by atoms with Crippen LogP contribution in [0.15, 0.2) is 0 Å². The smallest absolute Gasteiger partial charge is 0.108 e. The van der Waals surface area contributed by atoms with Crippen LogP contribution in [-0.4, -0.2) is 36.1 Å². The highest BCUT2D eigenvalue weighted by atomic mass is 15.2. The molecule has 3 nitrogen and oxygen atoms in total. The highest BCUT2D eigenvalue weighted by Gasteiger charge is 2.37. The van der Waals surface area contributed by atoms with E-state index in [0.29, 0.717) is 12.1 Å². The van der Waals surface area contributed by atoms with E-state index in [1.807, 2.05) is 0 Å². The lowest BCUT2D eigenvalue weighted by atomic mass is 9.79. The van der Waals surface area contributed by atoms with Gasteiger partial charge in [-0.2, -0.15) is 5.26 Å². The van der Waals surface area contributed by atoms with Crippen LogP contribution >= 0.6 is 0 Å². The minimum absolute atomic E-state index is 0.280. The fourth-order valence-corrected chi connectivity index (χ4v) is 3.21. The minimum Gasteiger partial charge on any atom is -0.301 e. The third kappa shape index (κ3) is 3.70. The van der Waals surface area contributed by atoms with E-state index in [9.17, 15) is 5.26 Å². The number of rotatable bonds is 6. The van der Waals surface area contributed by atoms with Crippen LogP contribution in [-0.2, 0) is 0 Å². The molecule has 3 heteroatoms. The topological polar surface area (TPSA) is 39.1 Å². The summed E-state index contributed by atoms with van der Waals surface area (Å²) in [6, 6.07) is 3.71. The normalized spacial score (nSPS) is 30.1. The predicted molar refractivity (Wildman–Crippen MR) is 76.4 cm³/mol. The van der Waals surface area contributed by atoms with Gasteiger partial charge in [-0.1, -0.05) is 20.3 Å². The second-order valence-electron chi connectivity index (χ2n) is 5.78. The van der Waals surface area contributed by atoms with Gasteiger partial charge in [-0.3, -0.25) is 5.32 Å². The maximum absolute atomic E-state index is 9.48. The van der Waals surface area contributed by atoms with E-state index in [0.717, 1.165) is 25.8 Å². The van der Waals surface area contributed by atoms with Gasteiger partial charge in [-0.15, -0.1) is 0 Å². The summed E-state index contributed by atoms with van der Waals surface area (Å²) in [6.07, 6.45) is 6.85. The molecule has 3 unspecified atom stereocenters. The molecule has 1 aliphatic carbocycles. The van der Waals surface area contributed by atoms with Crippen molar-refractivity contribution < 1.29 is 0 Å². The fraction of sp³-hybridized carbons (Fsp3) is 0.933. The predicted octanol–water partition coefficient (Wildman–Crippen LogP) is 2.92. The Labute approximate surface area is 113 Å². The summed E-state index contributed by atoms with van der Waals surface area (Å²) >= 11 is 0. The van der Waals surface area contributed by atoms with Crippen LogP contribution in [0, 0.1) is 11.3 Å². The van der Waals surface area contributed by atoms with E-state index in [1.54, 1.807) is 0 Å². The summed E-state index contributed by atoms with van der Waals surface area (Å²) in [5.74, 6) is 0. The van der Waals surface area contributed by atoms with Crippen LogP contribution in [0.2, 0.25) is 0 Å². The van der Waals surface area contributed by atoms with E-state index in [2.05, 4.69) is 44.1 Å². The van der Waals surface area contributed by atoms with Crippen LogP contribution in [0.3, 0.4) is 0 Å². The molecular formula is C15H29N3. The van der Waals surface area contributed by atoms with Gasteiger partial charge in [0.05, 0.1) is 6.07 Å². The zero-order valence-corrected chi connectivity index (χ0v) is 12.5. The van der Waals surface area contributed by atoms with Crippen LogP contribution in [0.4, 0.5) is 0 Å². The van der Waals surface area contributed by atoms with Crippen molar-refractivity contribution in [1.29, 1.82) is 5.26 Å². The molecule has 0 saturated heterocycles. The van der Waals surface area contributed by atoms with Crippen molar-refractivity contribution in [2.24, 2.45) is 0 Å². The molecule has 0 amide bonds.